The largest absolute Gasteiger partial charge is 0.398 e. The van der Waals surface area contributed by atoms with Gasteiger partial charge in [-0.2, -0.15) is 11.8 Å². The van der Waals surface area contributed by atoms with Crippen LogP contribution in [0.15, 0.2) is 23.1 Å². The molecular formula is C13H21N3O2S2. The standard InChI is InChI=1S/C13H21N3O2S2/c1-15-20(17,18)13-3-2-11(8-12(13)14)16-9-10-4-6-19-7-5-10/h2-3,8,10,15-16H,4-7,9,14H2,1H3. The molecule has 0 amide bonds. The van der Waals surface area contributed by atoms with Crippen molar-refractivity contribution in [2.24, 2.45) is 5.92 Å². The van der Waals surface area contributed by atoms with E-state index in [-0.39, 0.29) is 10.6 Å². The Hall–Kier alpha value is -0.920. The average molecular weight is 315 g/mol. The predicted molar refractivity (Wildman–Crippen MR) is 85.6 cm³/mol. The summed E-state index contributed by atoms with van der Waals surface area (Å²) in [6.07, 6.45) is 2.47. The summed E-state index contributed by atoms with van der Waals surface area (Å²) in [4.78, 5) is 0.125. The highest BCUT2D eigenvalue weighted by molar-refractivity contribution is 7.99. The van der Waals surface area contributed by atoms with Crippen molar-refractivity contribution in [3.8, 4) is 0 Å². The van der Waals surface area contributed by atoms with Crippen LogP contribution in [-0.4, -0.2) is 33.5 Å². The van der Waals surface area contributed by atoms with E-state index in [4.69, 9.17) is 5.73 Å². The van der Waals surface area contributed by atoms with Crippen LogP contribution in [0.1, 0.15) is 12.8 Å². The van der Waals surface area contributed by atoms with Crippen LogP contribution in [0.3, 0.4) is 0 Å². The lowest BCUT2D eigenvalue weighted by molar-refractivity contribution is 0.516. The highest BCUT2D eigenvalue weighted by Gasteiger charge is 2.16. The van der Waals surface area contributed by atoms with Crippen LogP contribution in [0.2, 0.25) is 0 Å². The molecule has 0 aliphatic carbocycles. The first-order chi connectivity index (χ1) is 9.53. The summed E-state index contributed by atoms with van der Waals surface area (Å²) in [7, 11) is -2.11. The number of hydrogen-bond donors (Lipinski definition) is 3. The number of nitrogens with one attached hydrogen (secondary N) is 2. The maximum absolute atomic E-state index is 11.7. The van der Waals surface area contributed by atoms with Gasteiger partial charge in [0.05, 0.1) is 5.69 Å². The molecule has 1 heterocycles. The summed E-state index contributed by atoms with van der Waals surface area (Å²) in [5.74, 6) is 3.15. The molecule has 0 aromatic heterocycles. The van der Waals surface area contributed by atoms with Crippen molar-refractivity contribution in [2.75, 3.05) is 36.1 Å². The number of nitrogens with two attached hydrogens (primary N) is 1. The minimum absolute atomic E-state index is 0.125. The van der Waals surface area contributed by atoms with Crippen molar-refractivity contribution in [1.29, 1.82) is 0 Å². The molecule has 1 aliphatic heterocycles. The van der Waals surface area contributed by atoms with Gasteiger partial charge in [-0.3, -0.25) is 0 Å². The molecule has 0 atom stereocenters. The fraction of sp³-hybridized carbons (Fsp3) is 0.538. The first-order valence-electron chi connectivity index (χ1n) is 6.67. The van der Waals surface area contributed by atoms with Gasteiger partial charge < -0.3 is 11.1 Å². The average Bonchev–Trinajstić information content (AvgIpc) is 2.46. The van der Waals surface area contributed by atoms with Crippen molar-refractivity contribution >= 4 is 33.2 Å². The van der Waals surface area contributed by atoms with Crippen LogP contribution >= 0.6 is 11.8 Å². The number of thioether (sulfide) groups is 1. The lowest BCUT2D eigenvalue weighted by Crippen LogP contribution is -2.21. The minimum atomic E-state index is -3.49. The fourth-order valence-corrected chi connectivity index (χ4v) is 4.27. The third kappa shape index (κ3) is 3.80. The molecule has 112 valence electrons. The number of benzene rings is 1. The number of rotatable bonds is 5. The second-order valence-electron chi connectivity index (χ2n) is 4.90. The fourth-order valence-electron chi connectivity index (χ4n) is 2.23. The van der Waals surface area contributed by atoms with Crippen LogP contribution in [0.25, 0.3) is 0 Å². The molecule has 1 aromatic carbocycles. The lowest BCUT2D eigenvalue weighted by atomic mass is 10.0. The summed E-state index contributed by atoms with van der Waals surface area (Å²) in [6, 6.07) is 4.99. The van der Waals surface area contributed by atoms with Crippen molar-refractivity contribution < 1.29 is 8.42 Å². The summed E-state index contributed by atoms with van der Waals surface area (Å²) < 4.78 is 25.7. The molecule has 1 saturated heterocycles. The van der Waals surface area contributed by atoms with Crippen molar-refractivity contribution in [3.63, 3.8) is 0 Å². The van der Waals surface area contributed by atoms with Crippen LogP contribution < -0.4 is 15.8 Å². The summed E-state index contributed by atoms with van der Waals surface area (Å²) in [6.45, 7) is 0.915. The highest BCUT2D eigenvalue weighted by atomic mass is 32.2. The van der Waals surface area contributed by atoms with Gasteiger partial charge in [0.2, 0.25) is 10.0 Å². The molecule has 2 rings (SSSR count). The Morgan fingerprint density at radius 3 is 2.65 bits per heavy atom. The molecular weight excluding hydrogens is 294 g/mol. The minimum Gasteiger partial charge on any atom is -0.398 e. The lowest BCUT2D eigenvalue weighted by Gasteiger charge is -2.22. The van der Waals surface area contributed by atoms with E-state index in [1.165, 1.54) is 31.4 Å². The van der Waals surface area contributed by atoms with Crippen LogP contribution in [0.5, 0.6) is 0 Å². The van der Waals surface area contributed by atoms with Gasteiger partial charge in [-0.25, -0.2) is 13.1 Å². The second-order valence-corrected chi connectivity index (χ2v) is 7.98. The molecule has 1 aromatic rings. The number of anilines is 2. The van der Waals surface area contributed by atoms with Gasteiger partial charge >= 0.3 is 0 Å². The maximum Gasteiger partial charge on any atom is 0.242 e. The van der Waals surface area contributed by atoms with E-state index < -0.39 is 10.0 Å². The first kappa shape index (κ1) is 15.5. The second kappa shape index (κ2) is 6.69. The maximum atomic E-state index is 11.7. The van der Waals surface area contributed by atoms with Crippen LogP contribution in [0.4, 0.5) is 11.4 Å². The molecule has 0 radical (unpaired) electrons. The van der Waals surface area contributed by atoms with Gasteiger partial charge in [0.15, 0.2) is 0 Å². The molecule has 4 N–H and O–H groups in total. The third-order valence-electron chi connectivity index (χ3n) is 3.50. The molecule has 1 fully saturated rings. The van der Waals surface area contributed by atoms with Crippen molar-refractivity contribution in [3.05, 3.63) is 18.2 Å². The Balaban J connectivity index is 2.02. The number of sulfonamides is 1. The van der Waals surface area contributed by atoms with E-state index in [0.29, 0.717) is 5.92 Å². The molecule has 0 saturated carbocycles. The summed E-state index contributed by atoms with van der Waals surface area (Å²) >= 11 is 2.01. The van der Waals surface area contributed by atoms with Gasteiger partial charge in [0.25, 0.3) is 0 Å². The Morgan fingerprint density at radius 1 is 1.35 bits per heavy atom. The zero-order valence-electron chi connectivity index (χ0n) is 11.6. The van der Waals surface area contributed by atoms with E-state index >= 15 is 0 Å². The van der Waals surface area contributed by atoms with Gasteiger partial charge in [0.1, 0.15) is 4.90 Å². The van der Waals surface area contributed by atoms with E-state index in [0.717, 1.165) is 12.2 Å². The Kier molecular flexibility index (Phi) is 5.17. The third-order valence-corrected chi connectivity index (χ3v) is 6.04. The molecule has 0 spiro atoms. The molecule has 0 unspecified atom stereocenters. The van der Waals surface area contributed by atoms with E-state index in [1.807, 2.05) is 11.8 Å². The molecule has 20 heavy (non-hydrogen) atoms. The number of nitrogen functional groups attached to an aromatic ring is 1. The zero-order chi connectivity index (χ0) is 14.6. The quantitative estimate of drug-likeness (QED) is 0.721. The monoisotopic (exact) mass is 315 g/mol. The Bertz CT molecular complexity index is 555. The van der Waals surface area contributed by atoms with E-state index in [1.54, 1.807) is 18.2 Å². The van der Waals surface area contributed by atoms with Crippen molar-refractivity contribution in [2.45, 2.75) is 17.7 Å². The smallest absolute Gasteiger partial charge is 0.242 e. The van der Waals surface area contributed by atoms with Gasteiger partial charge in [-0.15, -0.1) is 0 Å². The highest BCUT2D eigenvalue weighted by Crippen LogP contribution is 2.25. The topological polar surface area (TPSA) is 84.2 Å². The van der Waals surface area contributed by atoms with Gasteiger partial charge in [0, 0.05) is 12.2 Å². The first-order valence-corrected chi connectivity index (χ1v) is 9.31. The Morgan fingerprint density at radius 2 is 2.05 bits per heavy atom. The normalized spacial score (nSPS) is 17.1. The van der Waals surface area contributed by atoms with Gasteiger partial charge in [-0.05, 0) is 55.5 Å². The molecule has 0 bridgehead atoms. The molecule has 7 heteroatoms. The zero-order valence-corrected chi connectivity index (χ0v) is 13.2. The van der Waals surface area contributed by atoms with E-state index in [2.05, 4.69) is 10.0 Å². The van der Waals surface area contributed by atoms with Crippen LogP contribution in [-0.2, 0) is 10.0 Å². The molecule has 1 aliphatic rings. The van der Waals surface area contributed by atoms with Crippen LogP contribution in [0, 0.1) is 5.92 Å². The summed E-state index contributed by atoms with van der Waals surface area (Å²) in [5.41, 5.74) is 6.97. The Labute approximate surface area is 124 Å². The van der Waals surface area contributed by atoms with Crippen molar-refractivity contribution in [1.82, 2.24) is 4.72 Å². The predicted octanol–water partition coefficient (Wildman–Crippen LogP) is 1.73. The number of hydrogen-bond acceptors (Lipinski definition) is 5. The summed E-state index contributed by atoms with van der Waals surface area (Å²) in [5, 5.41) is 3.35. The molecule has 5 nitrogen and oxygen atoms in total. The SMILES string of the molecule is CNS(=O)(=O)c1ccc(NCC2CCSCC2)cc1N. The van der Waals surface area contributed by atoms with Gasteiger partial charge in [-0.1, -0.05) is 0 Å². The van der Waals surface area contributed by atoms with E-state index in [9.17, 15) is 8.42 Å².